The summed E-state index contributed by atoms with van der Waals surface area (Å²) < 4.78 is 4.77. The van der Waals surface area contributed by atoms with Gasteiger partial charge >= 0.3 is 5.97 Å². The maximum atomic E-state index is 12.9. The van der Waals surface area contributed by atoms with Gasteiger partial charge in [0.05, 0.1) is 41.7 Å². The minimum Gasteiger partial charge on any atom is -0.465 e. The number of carbonyl (C=O) groups excluding carboxylic acids is 3. The minimum absolute atomic E-state index is 0.000721. The van der Waals surface area contributed by atoms with Crippen LogP contribution in [0.3, 0.4) is 0 Å². The van der Waals surface area contributed by atoms with E-state index in [0.717, 1.165) is 0 Å². The molecule has 2 rings (SSSR count). The van der Waals surface area contributed by atoms with Crippen LogP contribution in [0.2, 0.25) is 5.02 Å². The van der Waals surface area contributed by atoms with Crippen LogP contribution in [0.1, 0.15) is 39.0 Å². The van der Waals surface area contributed by atoms with Crippen LogP contribution in [-0.4, -0.2) is 54.3 Å². The lowest BCUT2D eigenvalue weighted by atomic mass is 10.0. The van der Waals surface area contributed by atoms with Crippen LogP contribution < -0.4 is 5.32 Å². The molecule has 150 valence electrons. The zero-order valence-corrected chi connectivity index (χ0v) is 17.3. The first-order valence-corrected chi connectivity index (χ1v) is 9.11. The van der Waals surface area contributed by atoms with Gasteiger partial charge in [-0.05, 0) is 45.5 Å². The van der Waals surface area contributed by atoms with Crippen molar-refractivity contribution < 1.29 is 19.1 Å². The highest BCUT2D eigenvalue weighted by Gasteiger charge is 2.28. The van der Waals surface area contributed by atoms with Crippen molar-refractivity contribution in [1.82, 2.24) is 9.88 Å². The van der Waals surface area contributed by atoms with Crippen molar-refractivity contribution in [2.75, 3.05) is 26.0 Å². The number of nitrogens with one attached hydrogen (secondary N) is 2. The number of methoxy groups -OCH3 is 1. The van der Waals surface area contributed by atoms with E-state index in [0.29, 0.717) is 33.2 Å². The fourth-order valence-corrected chi connectivity index (χ4v) is 3.11. The quantitative estimate of drug-likeness (QED) is 0.545. The van der Waals surface area contributed by atoms with E-state index >= 15 is 0 Å². The Labute approximate surface area is 169 Å². The van der Waals surface area contributed by atoms with Gasteiger partial charge in [-0.3, -0.25) is 14.5 Å². The summed E-state index contributed by atoms with van der Waals surface area (Å²) in [5, 5.41) is 3.17. The summed E-state index contributed by atoms with van der Waals surface area (Å²) in [6.45, 7) is 5.11. The second kappa shape index (κ2) is 9.03. The second-order valence-electron chi connectivity index (χ2n) is 6.60. The fraction of sp³-hybridized carbons (Fsp3) is 0.350. The molecule has 0 unspecified atom stereocenters. The number of aromatic amines is 1. The number of anilines is 1. The fourth-order valence-electron chi connectivity index (χ4n) is 2.93. The number of esters is 1. The van der Waals surface area contributed by atoms with Crippen LogP contribution in [0.25, 0.3) is 0 Å². The van der Waals surface area contributed by atoms with Gasteiger partial charge in [0.15, 0.2) is 5.78 Å². The van der Waals surface area contributed by atoms with Crippen molar-refractivity contribution in [1.29, 1.82) is 0 Å². The predicted molar refractivity (Wildman–Crippen MR) is 108 cm³/mol. The normalized spacial score (nSPS) is 12.0. The monoisotopic (exact) mass is 405 g/mol. The molecule has 1 aromatic carbocycles. The molecule has 28 heavy (non-hydrogen) atoms. The third kappa shape index (κ3) is 4.61. The van der Waals surface area contributed by atoms with E-state index < -0.39 is 12.0 Å². The molecule has 8 heteroatoms. The number of nitrogens with zero attached hydrogens (tertiary/aromatic N) is 1. The van der Waals surface area contributed by atoms with Gasteiger partial charge in [-0.25, -0.2) is 4.79 Å². The van der Waals surface area contributed by atoms with Crippen molar-refractivity contribution in [2.24, 2.45) is 0 Å². The summed E-state index contributed by atoms with van der Waals surface area (Å²) in [4.78, 5) is 41.7. The standard InChI is InChI=1S/C20H24ClN3O4/c1-11-17(20(27)28-5)12(2)22-18(11)19(26)13(3)24(4)10-16(25)23-15-9-7-6-8-14(15)21/h6-9,13,22H,10H2,1-5H3,(H,23,25)/t13-/m0/s1. The number of carbonyl (C=O) groups is 3. The number of likely N-dealkylation sites (N-methyl/N-ethyl adjacent to an activating group) is 1. The molecule has 0 bridgehead atoms. The number of H-pyrrole nitrogens is 1. The van der Waals surface area contributed by atoms with E-state index in [2.05, 4.69) is 10.3 Å². The molecule has 0 saturated heterocycles. The SMILES string of the molecule is COC(=O)c1c(C)[nH]c(C(=O)[C@H](C)N(C)CC(=O)Nc2ccccc2Cl)c1C. The van der Waals surface area contributed by atoms with E-state index in [1.54, 1.807) is 57.0 Å². The number of ether oxygens (including phenoxy) is 1. The van der Waals surface area contributed by atoms with Crippen molar-refractivity contribution in [3.8, 4) is 0 Å². The molecule has 2 N–H and O–H groups in total. The van der Waals surface area contributed by atoms with Gasteiger partial charge in [-0.15, -0.1) is 0 Å². The molecule has 1 aromatic heterocycles. The van der Waals surface area contributed by atoms with Gasteiger partial charge in [0.25, 0.3) is 0 Å². The van der Waals surface area contributed by atoms with Crippen LogP contribution in [0, 0.1) is 13.8 Å². The van der Waals surface area contributed by atoms with Crippen LogP contribution >= 0.6 is 11.6 Å². The third-order valence-corrected chi connectivity index (χ3v) is 4.98. The lowest BCUT2D eigenvalue weighted by Gasteiger charge is -2.23. The van der Waals surface area contributed by atoms with Crippen LogP contribution in [0.5, 0.6) is 0 Å². The molecule has 0 spiro atoms. The van der Waals surface area contributed by atoms with Gasteiger partial charge in [-0.2, -0.15) is 0 Å². The Morgan fingerprint density at radius 3 is 2.50 bits per heavy atom. The highest BCUT2D eigenvalue weighted by molar-refractivity contribution is 6.33. The maximum Gasteiger partial charge on any atom is 0.339 e. The maximum absolute atomic E-state index is 12.9. The summed E-state index contributed by atoms with van der Waals surface area (Å²) in [6.07, 6.45) is 0. The molecule has 2 aromatic rings. The summed E-state index contributed by atoms with van der Waals surface area (Å²) in [6, 6.07) is 6.34. The number of aromatic nitrogens is 1. The highest BCUT2D eigenvalue weighted by Crippen LogP contribution is 2.22. The number of hydrogen-bond acceptors (Lipinski definition) is 5. The number of aryl methyl sites for hydroxylation is 1. The largest absolute Gasteiger partial charge is 0.465 e. The first-order valence-electron chi connectivity index (χ1n) is 8.73. The second-order valence-corrected chi connectivity index (χ2v) is 7.01. The van der Waals surface area contributed by atoms with Crippen LogP contribution in [0.4, 0.5) is 5.69 Å². The molecule has 0 aliphatic carbocycles. The molecule has 1 atom stereocenters. The number of ketones is 1. The molecular formula is C20H24ClN3O4. The van der Waals surface area contributed by atoms with Gasteiger partial charge in [0.2, 0.25) is 5.91 Å². The van der Waals surface area contributed by atoms with Gasteiger partial charge in [0, 0.05) is 5.69 Å². The Morgan fingerprint density at radius 2 is 1.89 bits per heavy atom. The lowest BCUT2D eigenvalue weighted by molar-refractivity contribution is -0.117. The van der Waals surface area contributed by atoms with E-state index in [-0.39, 0.29) is 18.2 Å². The van der Waals surface area contributed by atoms with E-state index in [1.165, 1.54) is 7.11 Å². The summed E-state index contributed by atoms with van der Waals surface area (Å²) in [5.41, 5.74) is 2.31. The van der Waals surface area contributed by atoms with Crippen molar-refractivity contribution in [3.05, 3.63) is 51.8 Å². The Morgan fingerprint density at radius 1 is 1.25 bits per heavy atom. The van der Waals surface area contributed by atoms with Gasteiger partial charge in [0.1, 0.15) is 0 Å². The molecule has 0 radical (unpaired) electrons. The molecular weight excluding hydrogens is 382 g/mol. The van der Waals surface area contributed by atoms with Crippen molar-refractivity contribution in [2.45, 2.75) is 26.8 Å². The Balaban J connectivity index is 2.09. The Bertz CT molecular complexity index is 907. The lowest BCUT2D eigenvalue weighted by Crippen LogP contribution is -2.41. The predicted octanol–water partition coefficient (Wildman–Crippen LogP) is 3.21. The molecule has 7 nitrogen and oxygen atoms in total. The zero-order chi connectivity index (χ0) is 21.0. The molecule has 0 saturated carbocycles. The average molecular weight is 406 g/mol. The van der Waals surface area contributed by atoms with E-state index in [9.17, 15) is 14.4 Å². The smallest absolute Gasteiger partial charge is 0.339 e. The molecule has 0 aliphatic rings. The topological polar surface area (TPSA) is 91.5 Å². The number of benzene rings is 1. The van der Waals surface area contributed by atoms with Gasteiger partial charge in [-0.1, -0.05) is 23.7 Å². The van der Waals surface area contributed by atoms with Gasteiger partial charge < -0.3 is 15.0 Å². The number of para-hydroxylation sites is 1. The first-order chi connectivity index (χ1) is 13.2. The molecule has 1 heterocycles. The van der Waals surface area contributed by atoms with Crippen LogP contribution in [0.15, 0.2) is 24.3 Å². The number of rotatable bonds is 7. The Hall–Kier alpha value is -2.64. The summed E-state index contributed by atoms with van der Waals surface area (Å²) >= 11 is 6.05. The zero-order valence-electron chi connectivity index (χ0n) is 16.6. The third-order valence-electron chi connectivity index (χ3n) is 4.65. The number of amides is 1. The van der Waals surface area contributed by atoms with Crippen molar-refractivity contribution >= 4 is 34.9 Å². The molecule has 0 aliphatic heterocycles. The summed E-state index contributed by atoms with van der Waals surface area (Å²) in [7, 11) is 2.98. The number of hydrogen-bond donors (Lipinski definition) is 2. The first kappa shape index (κ1) is 21.7. The number of Topliss-reactive ketones (excluding diaryl/α,β-unsaturated/α-hetero) is 1. The van der Waals surface area contributed by atoms with E-state index in [1.807, 2.05) is 0 Å². The highest BCUT2D eigenvalue weighted by atomic mass is 35.5. The average Bonchev–Trinajstić information content (AvgIpc) is 2.95. The molecule has 0 fully saturated rings. The van der Waals surface area contributed by atoms with Crippen molar-refractivity contribution in [3.63, 3.8) is 0 Å². The molecule has 1 amide bonds. The Kier molecular flexibility index (Phi) is 6.99. The van der Waals surface area contributed by atoms with Crippen LogP contribution in [-0.2, 0) is 9.53 Å². The van der Waals surface area contributed by atoms with E-state index in [4.69, 9.17) is 16.3 Å². The minimum atomic E-state index is -0.584. The summed E-state index contributed by atoms with van der Waals surface area (Å²) in [5.74, 6) is -1.00. The number of halogens is 1.